The fourth-order valence-corrected chi connectivity index (χ4v) is 6.23. The van der Waals surface area contributed by atoms with Crippen molar-refractivity contribution in [2.24, 2.45) is 5.41 Å². The number of nitrogens with one attached hydrogen (secondary N) is 1. The average molecular weight is 669 g/mol. The van der Waals surface area contributed by atoms with Crippen molar-refractivity contribution >= 4 is 23.8 Å². The summed E-state index contributed by atoms with van der Waals surface area (Å²) < 4.78 is 21.0. The number of carbonyl (C=O) groups excluding carboxylic acids is 4. The van der Waals surface area contributed by atoms with E-state index in [9.17, 15) is 23.6 Å². The Morgan fingerprint density at radius 2 is 1.73 bits per heavy atom. The molecule has 4 rings (SSSR count). The van der Waals surface area contributed by atoms with Gasteiger partial charge in [-0.25, -0.2) is 14.2 Å². The molecule has 4 amide bonds. The molecule has 2 aliphatic rings. The van der Waals surface area contributed by atoms with Gasteiger partial charge in [0, 0.05) is 51.9 Å². The van der Waals surface area contributed by atoms with Crippen LogP contribution in [0.15, 0.2) is 30.5 Å². The number of aromatic nitrogens is 2. The van der Waals surface area contributed by atoms with Gasteiger partial charge < -0.3 is 24.4 Å². The zero-order valence-corrected chi connectivity index (χ0v) is 29.8. The second kappa shape index (κ2) is 15.1. The maximum Gasteiger partial charge on any atom is 0.410 e. The summed E-state index contributed by atoms with van der Waals surface area (Å²) in [7, 11) is 1.50. The molecule has 3 heterocycles. The normalized spacial score (nSPS) is 17.4. The molecule has 1 aromatic carbocycles. The Bertz CT molecular complexity index is 1440. The number of amides is 4. The van der Waals surface area contributed by atoms with Crippen LogP contribution < -0.4 is 5.32 Å². The van der Waals surface area contributed by atoms with Gasteiger partial charge in [0.25, 0.3) is 5.91 Å². The zero-order chi connectivity index (χ0) is 35.4. The molecule has 2 aliphatic heterocycles. The summed E-state index contributed by atoms with van der Waals surface area (Å²) in [5.41, 5.74) is 0.0254. The highest BCUT2D eigenvalue weighted by molar-refractivity contribution is 5.93. The average Bonchev–Trinajstić information content (AvgIpc) is 3.75. The summed E-state index contributed by atoms with van der Waals surface area (Å²) in [6, 6.07) is 4.49. The highest BCUT2D eigenvalue weighted by Gasteiger charge is 2.41. The number of imidazole rings is 1. The Labute approximate surface area is 284 Å². The lowest BCUT2D eigenvalue weighted by Gasteiger charge is -2.37. The molecule has 1 aromatic heterocycles. The Morgan fingerprint density at radius 1 is 1.04 bits per heavy atom. The van der Waals surface area contributed by atoms with E-state index in [0.29, 0.717) is 38.2 Å². The molecule has 264 valence electrons. The lowest BCUT2D eigenvalue weighted by atomic mass is 9.85. The maximum atomic E-state index is 14.2. The lowest BCUT2D eigenvalue weighted by molar-refractivity contribution is -0.141. The van der Waals surface area contributed by atoms with Gasteiger partial charge >= 0.3 is 6.09 Å². The molecular weight excluding hydrogens is 615 g/mol. The summed E-state index contributed by atoms with van der Waals surface area (Å²) >= 11 is 0. The van der Waals surface area contributed by atoms with E-state index in [-0.39, 0.29) is 23.7 Å². The number of carbonyl (C=O) groups is 4. The number of fused-ring (bicyclic) bond motifs is 1. The van der Waals surface area contributed by atoms with Crippen LogP contribution in [0, 0.1) is 11.2 Å². The van der Waals surface area contributed by atoms with E-state index < -0.39 is 35.1 Å². The van der Waals surface area contributed by atoms with Gasteiger partial charge in [0.2, 0.25) is 11.8 Å². The van der Waals surface area contributed by atoms with E-state index >= 15 is 0 Å². The first kappa shape index (κ1) is 36.9. The Morgan fingerprint density at radius 3 is 2.35 bits per heavy atom. The molecule has 3 atom stereocenters. The molecule has 11 nitrogen and oxygen atoms in total. The minimum Gasteiger partial charge on any atom is -0.444 e. The van der Waals surface area contributed by atoms with Gasteiger partial charge in [-0.3, -0.25) is 19.3 Å². The van der Waals surface area contributed by atoms with Gasteiger partial charge in [-0.05, 0) is 82.9 Å². The molecule has 1 N–H and O–H groups in total. The fraction of sp³-hybridized carbons (Fsp3) is 0.639. The summed E-state index contributed by atoms with van der Waals surface area (Å²) in [4.78, 5) is 63.4. The summed E-state index contributed by atoms with van der Waals surface area (Å²) in [5.74, 6) is -0.166. The van der Waals surface area contributed by atoms with E-state index in [4.69, 9.17) is 4.74 Å². The number of likely N-dealkylation sites (N-methyl/N-ethyl adjacent to an activating group) is 1. The number of halogens is 1. The molecular formula is C36H53FN6O5. The van der Waals surface area contributed by atoms with Crippen molar-refractivity contribution in [3.05, 3.63) is 53.4 Å². The standard InChI is InChI=1S/C36H53FN6O5/c1-24(40(8)34(47)48-36(5,6)7)31(44)39-30(35(2,3)4)33(46)43-20-9-11-27(43)18-22-41(21-17-25-13-15-26(37)16-14-25)32(45)28-23-42-19-10-12-29(42)38-28/h13-16,23-24,27,30H,9-12,17-22H2,1-8H3,(H,39,44). The van der Waals surface area contributed by atoms with Crippen LogP contribution in [0.2, 0.25) is 0 Å². The van der Waals surface area contributed by atoms with Crippen LogP contribution in [0.3, 0.4) is 0 Å². The maximum absolute atomic E-state index is 14.2. The van der Waals surface area contributed by atoms with Crippen LogP contribution in [0.4, 0.5) is 9.18 Å². The quantitative estimate of drug-likeness (QED) is 0.367. The predicted molar refractivity (Wildman–Crippen MR) is 181 cm³/mol. The SMILES string of the molecule is CC(C(=O)NC(C(=O)N1CCCC1CCN(CCc1ccc(F)cc1)C(=O)c1cn2c(n1)CCC2)C(C)(C)C)N(C)C(=O)OC(C)(C)C. The lowest BCUT2D eigenvalue weighted by Crippen LogP contribution is -2.59. The van der Waals surface area contributed by atoms with Gasteiger partial charge in [-0.2, -0.15) is 0 Å². The Hall–Kier alpha value is -3.96. The van der Waals surface area contributed by atoms with Crippen molar-refractivity contribution in [1.29, 1.82) is 0 Å². The number of hydrogen-bond acceptors (Lipinski definition) is 6. The molecule has 0 bridgehead atoms. The molecule has 0 saturated carbocycles. The van der Waals surface area contributed by atoms with Gasteiger partial charge in [-0.1, -0.05) is 32.9 Å². The van der Waals surface area contributed by atoms with Crippen molar-refractivity contribution in [1.82, 2.24) is 29.6 Å². The first-order chi connectivity index (χ1) is 22.4. The first-order valence-electron chi connectivity index (χ1n) is 17.1. The molecule has 0 radical (unpaired) electrons. The summed E-state index contributed by atoms with van der Waals surface area (Å²) in [6.45, 7) is 14.8. The fourth-order valence-electron chi connectivity index (χ4n) is 6.23. The van der Waals surface area contributed by atoms with Gasteiger partial charge in [-0.15, -0.1) is 0 Å². The molecule has 1 saturated heterocycles. The third-order valence-electron chi connectivity index (χ3n) is 9.18. The van der Waals surface area contributed by atoms with Crippen LogP contribution in [-0.2, 0) is 33.7 Å². The van der Waals surface area contributed by atoms with Crippen molar-refractivity contribution in [3.8, 4) is 0 Å². The molecule has 3 unspecified atom stereocenters. The summed E-state index contributed by atoms with van der Waals surface area (Å²) in [5, 5.41) is 2.94. The molecule has 2 aromatic rings. The van der Waals surface area contributed by atoms with Gasteiger partial charge in [0.15, 0.2) is 0 Å². The van der Waals surface area contributed by atoms with Crippen LogP contribution >= 0.6 is 0 Å². The Balaban J connectivity index is 1.45. The zero-order valence-electron chi connectivity index (χ0n) is 29.8. The number of likely N-dealkylation sites (tertiary alicyclic amines) is 1. The van der Waals surface area contributed by atoms with Crippen molar-refractivity contribution in [2.75, 3.05) is 26.7 Å². The topological polar surface area (TPSA) is 117 Å². The predicted octanol–water partition coefficient (Wildman–Crippen LogP) is 4.82. The monoisotopic (exact) mass is 668 g/mol. The Kier molecular flexibility index (Phi) is 11.6. The van der Waals surface area contributed by atoms with E-state index in [1.54, 1.807) is 44.7 Å². The second-order valence-corrected chi connectivity index (χ2v) is 15.2. The number of aryl methyl sites for hydroxylation is 2. The van der Waals surface area contributed by atoms with Gasteiger partial charge in [0.1, 0.15) is 35.0 Å². The first-order valence-corrected chi connectivity index (χ1v) is 17.1. The molecule has 0 spiro atoms. The van der Waals surface area contributed by atoms with E-state index in [1.165, 1.54) is 24.1 Å². The molecule has 48 heavy (non-hydrogen) atoms. The van der Waals surface area contributed by atoms with E-state index in [2.05, 4.69) is 10.3 Å². The highest BCUT2D eigenvalue weighted by atomic mass is 19.1. The van der Waals surface area contributed by atoms with Crippen LogP contribution in [-0.4, -0.2) is 98.5 Å². The number of ether oxygens (including phenoxy) is 1. The van der Waals surface area contributed by atoms with Crippen LogP contribution in [0.25, 0.3) is 0 Å². The minimum atomic E-state index is -0.864. The molecule has 1 fully saturated rings. The number of benzene rings is 1. The number of rotatable bonds is 11. The summed E-state index contributed by atoms with van der Waals surface area (Å²) in [6.07, 6.45) is 5.80. The molecule has 0 aliphatic carbocycles. The largest absolute Gasteiger partial charge is 0.444 e. The van der Waals surface area contributed by atoms with Crippen LogP contribution in [0.1, 0.15) is 96.0 Å². The second-order valence-electron chi connectivity index (χ2n) is 15.2. The van der Waals surface area contributed by atoms with Crippen LogP contribution in [0.5, 0.6) is 0 Å². The van der Waals surface area contributed by atoms with Gasteiger partial charge in [0.05, 0.1) is 0 Å². The number of hydrogen-bond donors (Lipinski definition) is 1. The van der Waals surface area contributed by atoms with Crippen molar-refractivity contribution < 1.29 is 28.3 Å². The van der Waals surface area contributed by atoms with E-state index in [0.717, 1.165) is 43.6 Å². The molecule has 12 heteroatoms. The van der Waals surface area contributed by atoms with Crippen molar-refractivity contribution in [3.63, 3.8) is 0 Å². The third kappa shape index (κ3) is 9.35. The minimum absolute atomic E-state index is 0.116. The van der Waals surface area contributed by atoms with Crippen molar-refractivity contribution in [2.45, 2.75) is 117 Å². The smallest absolute Gasteiger partial charge is 0.410 e. The number of nitrogens with zero attached hydrogens (tertiary/aromatic N) is 5. The highest BCUT2D eigenvalue weighted by Crippen LogP contribution is 2.28. The van der Waals surface area contributed by atoms with E-state index in [1.807, 2.05) is 36.4 Å². The third-order valence-corrected chi connectivity index (χ3v) is 9.18.